The van der Waals surface area contributed by atoms with Gasteiger partial charge in [0.2, 0.25) is 0 Å². The van der Waals surface area contributed by atoms with E-state index in [1.165, 1.54) is 12.3 Å². The number of halogens is 1. The highest BCUT2D eigenvalue weighted by Gasteiger charge is 2.20. The van der Waals surface area contributed by atoms with Crippen molar-refractivity contribution in [3.05, 3.63) is 33.2 Å². The summed E-state index contributed by atoms with van der Waals surface area (Å²) in [6.45, 7) is 0. The van der Waals surface area contributed by atoms with Crippen LogP contribution in [0.15, 0.2) is 17.1 Å². The summed E-state index contributed by atoms with van der Waals surface area (Å²) in [6, 6.07) is 1.34. The molecule has 0 aromatic carbocycles. The fourth-order valence-corrected chi connectivity index (χ4v) is 1.63. The number of hydrogen-bond acceptors (Lipinski definition) is 4. The van der Waals surface area contributed by atoms with Crippen LogP contribution in [-0.4, -0.2) is 27.1 Å². The largest absolute Gasteiger partial charge is 0.390 e. The molecule has 0 saturated carbocycles. The lowest BCUT2D eigenvalue weighted by Gasteiger charge is -2.16. The molecule has 0 amide bonds. The second-order valence-electron chi connectivity index (χ2n) is 3.13. The maximum Gasteiger partial charge on any atom is 0.253 e. The van der Waals surface area contributed by atoms with Crippen LogP contribution >= 0.6 is 24.2 Å². The molecule has 0 fully saturated rings. The van der Waals surface area contributed by atoms with Crippen LogP contribution in [0.1, 0.15) is 18.1 Å². The van der Waals surface area contributed by atoms with Gasteiger partial charge in [-0.2, -0.15) is 12.6 Å². The highest BCUT2D eigenvalue weighted by molar-refractivity contribution is 7.80. The molecule has 1 rings (SSSR count). The Morgan fingerprint density at radius 3 is 2.80 bits per heavy atom. The average Bonchev–Trinajstić information content (AvgIpc) is 2.21. The highest BCUT2D eigenvalue weighted by Crippen LogP contribution is 2.18. The first kappa shape index (κ1) is 12.6. The molecule has 1 heterocycles. The summed E-state index contributed by atoms with van der Waals surface area (Å²) in [4.78, 5) is 13.7. The lowest BCUT2D eigenvalue weighted by Crippen LogP contribution is -2.25. The van der Waals surface area contributed by atoms with E-state index in [0.29, 0.717) is 17.2 Å². The lowest BCUT2D eigenvalue weighted by atomic mass is 10.0. The van der Waals surface area contributed by atoms with Crippen molar-refractivity contribution >= 4 is 24.2 Å². The third kappa shape index (κ3) is 3.24. The molecule has 0 aliphatic rings. The van der Waals surface area contributed by atoms with Crippen LogP contribution in [0.4, 0.5) is 0 Å². The number of H-pyrrole nitrogens is 1. The van der Waals surface area contributed by atoms with Crippen molar-refractivity contribution < 1.29 is 10.2 Å². The van der Waals surface area contributed by atoms with Crippen molar-refractivity contribution in [1.29, 1.82) is 0 Å². The number of aliphatic hydroxyl groups is 2. The van der Waals surface area contributed by atoms with Crippen molar-refractivity contribution in [2.75, 3.05) is 5.75 Å². The van der Waals surface area contributed by atoms with Crippen LogP contribution in [0.25, 0.3) is 0 Å². The smallest absolute Gasteiger partial charge is 0.253 e. The molecule has 4 nitrogen and oxygen atoms in total. The summed E-state index contributed by atoms with van der Waals surface area (Å²) in [7, 11) is 0. The zero-order valence-corrected chi connectivity index (χ0v) is 9.50. The number of hydrogen-bond donors (Lipinski definition) is 4. The number of nitrogens with one attached hydrogen (secondary N) is 1. The van der Waals surface area contributed by atoms with E-state index < -0.39 is 17.8 Å². The van der Waals surface area contributed by atoms with E-state index in [2.05, 4.69) is 17.6 Å². The Hall–Kier alpha value is -0.490. The van der Waals surface area contributed by atoms with Crippen LogP contribution in [0.2, 0.25) is 5.02 Å². The van der Waals surface area contributed by atoms with Gasteiger partial charge in [0.15, 0.2) is 0 Å². The predicted molar refractivity (Wildman–Crippen MR) is 61.5 cm³/mol. The van der Waals surface area contributed by atoms with Gasteiger partial charge < -0.3 is 15.2 Å². The molecular formula is C9H12ClNO3S. The third-order valence-electron chi connectivity index (χ3n) is 2.00. The second kappa shape index (κ2) is 5.55. The SMILES string of the molecule is O=c1[nH]cc(Cl)cc1C(O)C(O)CCS. The number of rotatable bonds is 4. The minimum atomic E-state index is -1.24. The lowest BCUT2D eigenvalue weighted by molar-refractivity contribution is 0.0164. The average molecular weight is 250 g/mol. The van der Waals surface area contributed by atoms with Gasteiger partial charge in [-0.05, 0) is 18.2 Å². The number of thiol groups is 1. The van der Waals surface area contributed by atoms with Crippen molar-refractivity contribution in [3.63, 3.8) is 0 Å². The minimum absolute atomic E-state index is 0.0665. The normalized spacial score (nSPS) is 14.9. The quantitative estimate of drug-likeness (QED) is 0.595. The molecule has 2 unspecified atom stereocenters. The van der Waals surface area contributed by atoms with Gasteiger partial charge in [0.1, 0.15) is 6.10 Å². The summed E-state index contributed by atoms with van der Waals surface area (Å²) in [5.74, 6) is 0.427. The zero-order valence-electron chi connectivity index (χ0n) is 7.85. The first-order chi connectivity index (χ1) is 7.06. The van der Waals surface area contributed by atoms with E-state index in [0.717, 1.165) is 0 Å². The van der Waals surface area contributed by atoms with Crippen LogP contribution in [0, 0.1) is 0 Å². The summed E-state index contributed by atoms with van der Waals surface area (Å²) < 4.78 is 0. The van der Waals surface area contributed by atoms with E-state index in [1.807, 2.05) is 0 Å². The van der Waals surface area contributed by atoms with Crippen molar-refractivity contribution in [3.8, 4) is 0 Å². The molecule has 0 aliphatic carbocycles. The van der Waals surface area contributed by atoms with Crippen LogP contribution in [0.3, 0.4) is 0 Å². The molecule has 84 valence electrons. The fourth-order valence-electron chi connectivity index (χ4n) is 1.19. The first-order valence-electron chi connectivity index (χ1n) is 4.41. The molecule has 0 spiro atoms. The van der Waals surface area contributed by atoms with Crippen molar-refractivity contribution in [2.24, 2.45) is 0 Å². The summed E-state index contributed by atoms with van der Waals surface area (Å²) in [5, 5.41) is 19.5. The van der Waals surface area contributed by atoms with Crippen LogP contribution < -0.4 is 5.56 Å². The molecule has 6 heteroatoms. The van der Waals surface area contributed by atoms with Gasteiger partial charge in [-0.15, -0.1) is 0 Å². The molecule has 3 N–H and O–H groups in total. The molecule has 15 heavy (non-hydrogen) atoms. The number of aromatic nitrogens is 1. The standard InChI is InChI=1S/C9H12ClNO3S/c10-5-3-6(9(14)11-4-5)8(13)7(12)1-2-15/h3-4,7-8,12-13,15H,1-2H2,(H,11,14). The van der Waals surface area contributed by atoms with E-state index in [1.54, 1.807) is 0 Å². The van der Waals surface area contributed by atoms with Gasteiger partial charge in [-0.25, -0.2) is 0 Å². The monoisotopic (exact) mass is 249 g/mol. The summed E-state index contributed by atoms with van der Waals surface area (Å²) in [6.07, 6.45) is -0.622. The minimum Gasteiger partial charge on any atom is -0.390 e. The van der Waals surface area contributed by atoms with Gasteiger partial charge in [0.25, 0.3) is 5.56 Å². The van der Waals surface area contributed by atoms with Gasteiger partial charge in [-0.1, -0.05) is 11.6 Å². The maximum absolute atomic E-state index is 11.3. The fraction of sp³-hybridized carbons (Fsp3) is 0.444. The van der Waals surface area contributed by atoms with E-state index >= 15 is 0 Å². The molecule has 0 saturated heterocycles. The van der Waals surface area contributed by atoms with Crippen LogP contribution in [0.5, 0.6) is 0 Å². The molecule has 2 atom stereocenters. The second-order valence-corrected chi connectivity index (χ2v) is 4.01. The van der Waals surface area contributed by atoms with E-state index in [-0.39, 0.29) is 5.56 Å². The van der Waals surface area contributed by atoms with Gasteiger partial charge >= 0.3 is 0 Å². The van der Waals surface area contributed by atoms with Gasteiger partial charge in [0.05, 0.1) is 11.1 Å². The number of aromatic amines is 1. The summed E-state index contributed by atoms with van der Waals surface area (Å²) in [5.41, 5.74) is -0.387. The van der Waals surface area contributed by atoms with Crippen molar-refractivity contribution in [1.82, 2.24) is 4.98 Å². The van der Waals surface area contributed by atoms with Gasteiger partial charge in [-0.3, -0.25) is 4.79 Å². The van der Waals surface area contributed by atoms with E-state index in [4.69, 9.17) is 11.6 Å². The predicted octanol–water partition coefficient (Wildman–Crippen LogP) is 0.742. The van der Waals surface area contributed by atoms with E-state index in [9.17, 15) is 15.0 Å². The maximum atomic E-state index is 11.3. The molecule has 1 aromatic heterocycles. The Morgan fingerprint density at radius 1 is 1.53 bits per heavy atom. The van der Waals surface area contributed by atoms with Crippen LogP contribution in [-0.2, 0) is 0 Å². The number of aliphatic hydroxyl groups excluding tert-OH is 2. The molecular weight excluding hydrogens is 238 g/mol. The van der Waals surface area contributed by atoms with Gasteiger partial charge in [0, 0.05) is 11.8 Å². The molecule has 0 radical (unpaired) electrons. The Kier molecular flexibility index (Phi) is 4.66. The zero-order chi connectivity index (χ0) is 11.4. The Bertz CT molecular complexity index is 382. The van der Waals surface area contributed by atoms with Crippen molar-refractivity contribution in [2.45, 2.75) is 18.6 Å². The molecule has 0 bridgehead atoms. The highest BCUT2D eigenvalue weighted by atomic mass is 35.5. The first-order valence-corrected chi connectivity index (χ1v) is 5.42. The molecule has 1 aromatic rings. The Balaban J connectivity index is 2.94. The topological polar surface area (TPSA) is 73.3 Å². The number of pyridine rings is 1. The Labute approximate surface area is 97.3 Å². The molecule has 0 aliphatic heterocycles. The Morgan fingerprint density at radius 2 is 2.20 bits per heavy atom. The third-order valence-corrected chi connectivity index (χ3v) is 2.48. The summed E-state index contributed by atoms with van der Waals surface area (Å²) >= 11 is 9.59.